The molecule has 1 aromatic carbocycles. The first-order valence-electron chi connectivity index (χ1n) is 3.65. The second-order valence-electron chi connectivity index (χ2n) is 2.62. The fourth-order valence-electron chi connectivity index (χ4n) is 1.22. The highest BCUT2D eigenvalue weighted by molar-refractivity contribution is 6.35. The minimum Gasteiger partial charge on any atom is -0.359 e. The number of fused-ring (bicyclic) bond motifs is 1. The molecule has 0 atom stereocenters. The lowest BCUT2D eigenvalue weighted by atomic mass is 10.2. The second-order valence-corrected chi connectivity index (χ2v) is 3.03. The van der Waals surface area contributed by atoms with Gasteiger partial charge in [-0.3, -0.25) is 4.79 Å². The van der Waals surface area contributed by atoms with Crippen molar-refractivity contribution in [2.45, 2.75) is 0 Å². The zero-order chi connectivity index (χ0) is 9.42. The molecule has 2 nitrogen and oxygen atoms in total. The van der Waals surface area contributed by atoms with E-state index in [1.54, 1.807) is 0 Å². The Morgan fingerprint density at radius 2 is 2.08 bits per heavy atom. The van der Waals surface area contributed by atoms with Gasteiger partial charge in [0.05, 0.1) is 15.9 Å². The molecule has 0 aliphatic rings. The zero-order valence-corrected chi connectivity index (χ0v) is 7.23. The van der Waals surface area contributed by atoms with Crippen molar-refractivity contribution in [1.29, 1.82) is 0 Å². The summed E-state index contributed by atoms with van der Waals surface area (Å²) in [5, 5.41) is 0.461. The monoisotopic (exact) mass is 197 g/mol. The Morgan fingerprint density at radius 3 is 2.77 bits per heavy atom. The summed E-state index contributed by atoms with van der Waals surface area (Å²) in [6.45, 7) is 0. The van der Waals surface area contributed by atoms with E-state index in [9.17, 15) is 9.18 Å². The van der Waals surface area contributed by atoms with Crippen molar-refractivity contribution in [3.8, 4) is 0 Å². The highest BCUT2D eigenvalue weighted by Gasteiger charge is 2.06. The number of nitrogens with one attached hydrogen (secondary N) is 1. The van der Waals surface area contributed by atoms with Crippen LogP contribution in [0.5, 0.6) is 0 Å². The molecule has 2 aromatic rings. The van der Waals surface area contributed by atoms with Gasteiger partial charge in [-0.2, -0.15) is 0 Å². The molecule has 0 radical (unpaired) electrons. The first-order valence-corrected chi connectivity index (χ1v) is 4.03. The maximum atomic E-state index is 13.1. The van der Waals surface area contributed by atoms with Crippen LogP contribution in [-0.4, -0.2) is 4.98 Å². The van der Waals surface area contributed by atoms with E-state index in [1.807, 2.05) is 0 Å². The molecule has 13 heavy (non-hydrogen) atoms. The Balaban J connectivity index is 3.09. The Morgan fingerprint density at radius 1 is 1.31 bits per heavy atom. The van der Waals surface area contributed by atoms with Crippen LogP contribution < -0.4 is 5.43 Å². The molecule has 0 amide bonds. The van der Waals surface area contributed by atoms with Crippen molar-refractivity contribution < 1.29 is 4.39 Å². The first-order chi connectivity index (χ1) is 6.20. The van der Waals surface area contributed by atoms with Crippen molar-refractivity contribution in [1.82, 2.24) is 4.98 Å². The molecule has 66 valence electrons. The van der Waals surface area contributed by atoms with Crippen molar-refractivity contribution in [2.24, 2.45) is 0 Å². The van der Waals surface area contributed by atoms with E-state index in [1.165, 1.54) is 24.4 Å². The largest absolute Gasteiger partial charge is 0.359 e. The van der Waals surface area contributed by atoms with Crippen LogP contribution in [0.1, 0.15) is 0 Å². The van der Waals surface area contributed by atoms with Gasteiger partial charge >= 0.3 is 0 Å². The maximum Gasteiger partial charge on any atom is 0.190 e. The average Bonchev–Trinajstić information content (AvgIpc) is 2.12. The number of rotatable bonds is 0. The number of H-pyrrole nitrogens is 1. The molecule has 0 fully saturated rings. The molecule has 1 heterocycles. The number of benzene rings is 1. The molecule has 0 saturated heterocycles. The molecule has 0 saturated carbocycles. The predicted molar refractivity (Wildman–Crippen MR) is 49.5 cm³/mol. The van der Waals surface area contributed by atoms with E-state index in [-0.39, 0.29) is 21.4 Å². The first kappa shape index (κ1) is 8.26. The lowest BCUT2D eigenvalue weighted by Gasteiger charge is -1.99. The zero-order valence-electron chi connectivity index (χ0n) is 6.47. The summed E-state index contributed by atoms with van der Waals surface area (Å²) in [7, 11) is 0. The number of aromatic amines is 1. The fraction of sp³-hybridized carbons (Fsp3) is 0. The van der Waals surface area contributed by atoms with Gasteiger partial charge in [0.1, 0.15) is 5.82 Å². The molecule has 2 rings (SSSR count). The van der Waals surface area contributed by atoms with Crippen LogP contribution in [0, 0.1) is 5.82 Å². The van der Waals surface area contributed by atoms with Gasteiger partial charge in [0.2, 0.25) is 0 Å². The van der Waals surface area contributed by atoms with Crippen molar-refractivity contribution in [2.75, 3.05) is 0 Å². The standard InChI is InChI=1S/C9H5ClFNO/c10-5-1-2-6(11)9-8(5)7(13)3-4-12-9/h1-4H,(H,12,13). The molecular formula is C9H5ClFNO. The molecule has 1 aromatic heterocycles. The molecule has 0 bridgehead atoms. The van der Waals surface area contributed by atoms with Gasteiger partial charge in [-0.1, -0.05) is 11.6 Å². The predicted octanol–water partition coefficient (Wildman–Crippen LogP) is 2.32. The minimum atomic E-state index is -0.475. The van der Waals surface area contributed by atoms with Gasteiger partial charge in [-0.05, 0) is 12.1 Å². The lowest BCUT2D eigenvalue weighted by molar-refractivity contribution is 0.637. The van der Waals surface area contributed by atoms with E-state index >= 15 is 0 Å². The normalized spacial score (nSPS) is 10.6. The SMILES string of the molecule is O=c1cc[nH]c2c(F)ccc(Cl)c12. The summed E-state index contributed by atoms with van der Waals surface area (Å²) in [5.74, 6) is -0.475. The molecule has 0 aliphatic heterocycles. The summed E-state index contributed by atoms with van der Waals surface area (Å²) in [6.07, 6.45) is 1.39. The molecule has 0 aliphatic carbocycles. The number of aromatic nitrogens is 1. The van der Waals surface area contributed by atoms with E-state index in [0.29, 0.717) is 0 Å². The molecule has 0 unspecified atom stereocenters. The molecule has 1 N–H and O–H groups in total. The molecule has 0 spiro atoms. The highest BCUT2D eigenvalue weighted by atomic mass is 35.5. The summed E-state index contributed by atoms with van der Waals surface area (Å²) < 4.78 is 13.1. The van der Waals surface area contributed by atoms with Gasteiger partial charge in [0.15, 0.2) is 5.43 Å². The van der Waals surface area contributed by atoms with Gasteiger partial charge in [-0.15, -0.1) is 0 Å². The van der Waals surface area contributed by atoms with Crippen LogP contribution >= 0.6 is 11.6 Å². The van der Waals surface area contributed by atoms with Crippen LogP contribution in [0.2, 0.25) is 5.02 Å². The van der Waals surface area contributed by atoms with Crippen LogP contribution in [0.15, 0.2) is 29.2 Å². The lowest BCUT2D eigenvalue weighted by Crippen LogP contribution is -2.01. The van der Waals surface area contributed by atoms with Crippen LogP contribution in [0.4, 0.5) is 4.39 Å². The Hall–Kier alpha value is -1.35. The van der Waals surface area contributed by atoms with E-state index < -0.39 is 5.82 Å². The van der Waals surface area contributed by atoms with Crippen LogP contribution in [-0.2, 0) is 0 Å². The third kappa shape index (κ3) is 1.21. The molecular weight excluding hydrogens is 193 g/mol. The van der Waals surface area contributed by atoms with E-state index in [0.717, 1.165) is 0 Å². The average molecular weight is 198 g/mol. The Kier molecular flexibility index (Phi) is 1.81. The smallest absolute Gasteiger partial charge is 0.190 e. The number of halogens is 2. The van der Waals surface area contributed by atoms with Gasteiger partial charge in [-0.25, -0.2) is 4.39 Å². The third-order valence-corrected chi connectivity index (χ3v) is 2.13. The summed E-state index contributed by atoms with van der Waals surface area (Å²) in [5.41, 5.74) is -0.127. The van der Waals surface area contributed by atoms with Gasteiger partial charge in [0, 0.05) is 12.3 Å². The quantitative estimate of drug-likeness (QED) is 0.691. The topological polar surface area (TPSA) is 32.9 Å². The number of hydrogen-bond acceptors (Lipinski definition) is 1. The second kappa shape index (κ2) is 2.85. The Labute approximate surface area is 78.0 Å². The van der Waals surface area contributed by atoms with E-state index in [4.69, 9.17) is 11.6 Å². The summed E-state index contributed by atoms with van der Waals surface area (Å²) >= 11 is 5.75. The summed E-state index contributed by atoms with van der Waals surface area (Å²) in [4.78, 5) is 13.9. The van der Waals surface area contributed by atoms with Crippen molar-refractivity contribution in [3.63, 3.8) is 0 Å². The Bertz CT molecular complexity index is 520. The van der Waals surface area contributed by atoms with Crippen molar-refractivity contribution in [3.05, 3.63) is 45.5 Å². The van der Waals surface area contributed by atoms with Crippen LogP contribution in [0.3, 0.4) is 0 Å². The molecule has 4 heteroatoms. The van der Waals surface area contributed by atoms with E-state index in [2.05, 4.69) is 4.98 Å². The number of pyridine rings is 1. The fourth-order valence-corrected chi connectivity index (χ4v) is 1.47. The van der Waals surface area contributed by atoms with Crippen molar-refractivity contribution >= 4 is 22.5 Å². The summed E-state index contributed by atoms with van der Waals surface area (Å²) in [6, 6.07) is 3.91. The van der Waals surface area contributed by atoms with Gasteiger partial charge < -0.3 is 4.98 Å². The van der Waals surface area contributed by atoms with Crippen LogP contribution in [0.25, 0.3) is 10.9 Å². The highest BCUT2D eigenvalue weighted by Crippen LogP contribution is 2.20. The van der Waals surface area contributed by atoms with Gasteiger partial charge in [0.25, 0.3) is 0 Å². The maximum absolute atomic E-state index is 13.1. The number of hydrogen-bond donors (Lipinski definition) is 1. The minimum absolute atomic E-state index is 0.153. The third-order valence-electron chi connectivity index (χ3n) is 1.81.